The van der Waals surface area contributed by atoms with Crippen molar-refractivity contribution in [2.45, 2.75) is 25.0 Å². The summed E-state index contributed by atoms with van der Waals surface area (Å²) in [4.78, 5) is 24.0. The zero-order chi connectivity index (χ0) is 13.8. The number of carbonyl (C=O) groups is 2. The molecule has 0 bridgehead atoms. The van der Waals surface area contributed by atoms with Crippen molar-refractivity contribution in [2.75, 3.05) is 13.1 Å². The zero-order valence-electron chi connectivity index (χ0n) is 10.3. The van der Waals surface area contributed by atoms with Gasteiger partial charge in [0.2, 0.25) is 0 Å². The van der Waals surface area contributed by atoms with Crippen LogP contribution in [-0.2, 0) is 11.2 Å². The van der Waals surface area contributed by atoms with Gasteiger partial charge in [-0.1, -0.05) is 0 Å². The maximum absolute atomic E-state index is 11.8. The Morgan fingerprint density at radius 1 is 1.53 bits per heavy atom. The number of nitrogens with zero attached hydrogens (tertiary/aromatic N) is 1. The Hall–Kier alpha value is -2.02. The lowest BCUT2D eigenvalue weighted by atomic mass is 10.2. The predicted octanol–water partition coefficient (Wildman–Crippen LogP) is 0.0515. The van der Waals surface area contributed by atoms with E-state index in [0.717, 1.165) is 10.7 Å². The van der Waals surface area contributed by atoms with Crippen LogP contribution in [0.1, 0.15) is 12.2 Å². The fraction of sp³-hybridized carbons (Fsp3) is 0.500. The van der Waals surface area contributed by atoms with Crippen molar-refractivity contribution in [1.29, 1.82) is 0 Å². The second-order valence-corrected chi connectivity index (χ2v) is 4.46. The minimum Gasteiger partial charge on any atom is -0.480 e. The number of hydrogen-bond acceptors (Lipinski definition) is 4. The largest absolute Gasteiger partial charge is 0.480 e. The van der Waals surface area contributed by atoms with E-state index in [-0.39, 0.29) is 13.0 Å². The average molecular weight is 268 g/mol. The van der Waals surface area contributed by atoms with Crippen LogP contribution in [0.5, 0.6) is 0 Å². The fourth-order valence-corrected chi connectivity index (χ4v) is 2.12. The second kappa shape index (κ2) is 5.75. The molecule has 0 aromatic carbocycles. The third-order valence-corrected chi connectivity index (χ3v) is 3.05. The van der Waals surface area contributed by atoms with Gasteiger partial charge in [0.1, 0.15) is 11.8 Å². The molecule has 2 amide bonds. The number of carbonyl (C=O) groups excluding carboxylic acids is 1. The lowest BCUT2D eigenvalue weighted by molar-refractivity contribution is -0.141. The number of rotatable bonds is 4. The summed E-state index contributed by atoms with van der Waals surface area (Å²) in [5.74, 6) is -0.353. The highest BCUT2D eigenvalue weighted by Crippen LogP contribution is 2.18. The number of hydrogen-bond donors (Lipinski definition) is 3. The number of aliphatic carboxylic acids is 1. The molecule has 3 N–H and O–H groups in total. The van der Waals surface area contributed by atoms with Crippen molar-refractivity contribution in [3.8, 4) is 0 Å². The first kappa shape index (κ1) is 13.4. The van der Waals surface area contributed by atoms with Crippen molar-refractivity contribution < 1.29 is 24.2 Å². The van der Waals surface area contributed by atoms with Crippen molar-refractivity contribution in [3.63, 3.8) is 0 Å². The van der Waals surface area contributed by atoms with Crippen LogP contribution in [-0.4, -0.2) is 52.3 Å². The van der Waals surface area contributed by atoms with E-state index in [1.165, 1.54) is 0 Å². The summed E-state index contributed by atoms with van der Waals surface area (Å²) in [6, 6.07) is 2.12. The van der Waals surface area contributed by atoms with Gasteiger partial charge >= 0.3 is 12.0 Å². The number of aliphatic hydroxyl groups excluding tert-OH is 1. The Kier molecular flexibility index (Phi) is 4.06. The highest BCUT2D eigenvalue weighted by atomic mass is 16.4. The Labute approximate surface area is 109 Å². The number of carboxylic acids is 1. The van der Waals surface area contributed by atoms with Gasteiger partial charge in [0, 0.05) is 25.9 Å². The van der Waals surface area contributed by atoms with Crippen LogP contribution in [0.2, 0.25) is 0 Å². The van der Waals surface area contributed by atoms with Gasteiger partial charge in [0.15, 0.2) is 0 Å². The SMILES string of the molecule is O=C(O)[C@@H]1C[C@H](O)CN1C(=O)NCCc1ccco1. The molecule has 0 radical (unpaired) electrons. The standard InChI is InChI=1S/C12H16N2O5/c15-8-6-10(11(16)17)14(7-8)12(18)13-4-3-9-2-1-5-19-9/h1-2,5,8,10,15H,3-4,6-7H2,(H,13,18)(H,16,17)/t8-,10-/m0/s1. The van der Waals surface area contributed by atoms with Gasteiger partial charge in [-0.15, -0.1) is 0 Å². The van der Waals surface area contributed by atoms with E-state index in [2.05, 4.69) is 5.32 Å². The minimum absolute atomic E-state index is 0.0452. The number of nitrogens with one attached hydrogen (secondary N) is 1. The number of urea groups is 1. The normalized spacial score (nSPS) is 22.5. The molecule has 1 aromatic heterocycles. The van der Waals surface area contributed by atoms with Crippen molar-refractivity contribution >= 4 is 12.0 Å². The van der Waals surface area contributed by atoms with Crippen LogP contribution in [0.25, 0.3) is 0 Å². The number of amides is 2. The van der Waals surface area contributed by atoms with E-state index in [9.17, 15) is 14.7 Å². The number of likely N-dealkylation sites (tertiary alicyclic amines) is 1. The van der Waals surface area contributed by atoms with E-state index in [4.69, 9.17) is 9.52 Å². The summed E-state index contributed by atoms with van der Waals surface area (Å²) in [7, 11) is 0. The molecule has 0 aliphatic carbocycles. The lowest BCUT2D eigenvalue weighted by Gasteiger charge is -2.21. The van der Waals surface area contributed by atoms with E-state index in [1.807, 2.05) is 0 Å². The van der Waals surface area contributed by atoms with Crippen molar-refractivity contribution in [2.24, 2.45) is 0 Å². The number of furan rings is 1. The molecule has 0 saturated carbocycles. The van der Waals surface area contributed by atoms with E-state index in [0.29, 0.717) is 13.0 Å². The molecule has 7 nitrogen and oxygen atoms in total. The van der Waals surface area contributed by atoms with E-state index >= 15 is 0 Å². The maximum atomic E-state index is 11.8. The maximum Gasteiger partial charge on any atom is 0.326 e. The van der Waals surface area contributed by atoms with Crippen LogP contribution in [0, 0.1) is 0 Å². The second-order valence-electron chi connectivity index (χ2n) is 4.46. The van der Waals surface area contributed by atoms with Gasteiger partial charge in [-0.3, -0.25) is 0 Å². The number of carboxylic acid groups (broad SMARTS) is 1. The summed E-state index contributed by atoms with van der Waals surface area (Å²) < 4.78 is 5.12. The summed E-state index contributed by atoms with van der Waals surface area (Å²) in [6.45, 7) is 0.398. The monoisotopic (exact) mass is 268 g/mol. The minimum atomic E-state index is -1.10. The molecule has 0 spiro atoms. The highest BCUT2D eigenvalue weighted by Gasteiger charge is 2.38. The summed E-state index contributed by atoms with van der Waals surface area (Å²) >= 11 is 0. The average Bonchev–Trinajstić information content (AvgIpc) is 2.98. The van der Waals surface area contributed by atoms with Crippen LogP contribution in [0.15, 0.2) is 22.8 Å². The zero-order valence-corrected chi connectivity index (χ0v) is 10.3. The Morgan fingerprint density at radius 3 is 2.95 bits per heavy atom. The molecule has 1 aromatic rings. The Bertz CT molecular complexity index is 445. The third-order valence-electron chi connectivity index (χ3n) is 3.05. The fourth-order valence-electron chi connectivity index (χ4n) is 2.12. The van der Waals surface area contributed by atoms with Gasteiger partial charge in [0.25, 0.3) is 0 Å². The summed E-state index contributed by atoms with van der Waals surface area (Å²) in [5, 5.41) is 21.0. The molecule has 1 saturated heterocycles. The molecule has 1 fully saturated rings. The molecule has 2 atom stereocenters. The smallest absolute Gasteiger partial charge is 0.326 e. The van der Waals surface area contributed by atoms with Gasteiger partial charge in [-0.2, -0.15) is 0 Å². The quantitative estimate of drug-likeness (QED) is 0.716. The molecule has 0 unspecified atom stereocenters. The van der Waals surface area contributed by atoms with E-state index < -0.39 is 24.1 Å². The molecule has 2 heterocycles. The van der Waals surface area contributed by atoms with Gasteiger partial charge < -0.3 is 24.8 Å². The molecule has 104 valence electrons. The summed E-state index contributed by atoms with van der Waals surface area (Å²) in [5.41, 5.74) is 0. The number of β-amino-alcohol motifs (C(OH)–C–C–N with tert-alkyl or cyclic N) is 1. The Balaban J connectivity index is 1.83. The molecule has 1 aliphatic rings. The molecule has 2 rings (SSSR count). The van der Waals surface area contributed by atoms with E-state index in [1.54, 1.807) is 18.4 Å². The third kappa shape index (κ3) is 3.25. The summed E-state index contributed by atoms with van der Waals surface area (Å²) in [6.07, 6.45) is 1.37. The molecular weight excluding hydrogens is 252 g/mol. The first-order valence-corrected chi connectivity index (χ1v) is 6.05. The topological polar surface area (TPSA) is 103 Å². The molecular formula is C12H16N2O5. The van der Waals surface area contributed by atoms with Crippen LogP contribution in [0.4, 0.5) is 4.79 Å². The van der Waals surface area contributed by atoms with Crippen LogP contribution >= 0.6 is 0 Å². The van der Waals surface area contributed by atoms with Gasteiger partial charge in [-0.05, 0) is 12.1 Å². The van der Waals surface area contributed by atoms with Crippen LogP contribution < -0.4 is 5.32 Å². The van der Waals surface area contributed by atoms with Gasteiger partial charge in [-0.25, -0.2) is 9.59 Å². The lowest BCUT2D eigenvalue weighted by Crippen LogP contribution is -2.46. The highest BCUT2D eigenvalue weighted by molar-refractivity contribution is 5.83. The van der Waals surface area contributed by atoms with Crippen molar-refractivity contribution in [3.05, 3.63) is 24.2 Å². The van der Waals surface area contributed by atoms with Crippen molar-refractivity contribution in [1.82, 2.24) is 10.2 Å². The molecule has 7 heteroatoms. The first-order chi connectivity index (χ1) is 9.08. The van der Waals surface area contributed by atoms with Crippen LogP contribution in [0.3, 0.4) is 0 Å². The molecule has 19 heavy (non-hydrogen) atoms. The van der Waals surface area contributed by atoms with Gasteiger partial charge in [0.05, 0.1) is 12.4 Å². The Morgan fingerprint density at radius 2 is 2.32 bits per heavy atom. The molecule has 1 aliphatic heterocycles. The number of aliphatic hydroxyl groups is 1. The first-order valence-electron chi connectivity index (χ1n) is 6.05. The predicted molar refractivity (Wildman–Crippen MR) is 64.6 cm³/mol.